The summed E-state index contributed by atoms with van der Waals surface area (Å²) in [5.74, 6) is 0.486. The summed E-state index contributed by atoms with van der Waals surface area (Å²) in [6.07, 6.45) is 6.66. The summed E-state index contributed by atoms with van der Waals surface area (Å²) in [5, 5.41) is 12.7. The molecule has 1 saturated carbocycles. The van der Waals surface area contributed by atoms with Crippen molar-refractivity contribution < 1.29 is 9.53 Å². The molecule has 0 bridgehead atoms. The summed E-state index contributed by atoms with van der Waals surface area (Å²) >= 11 is 1.51. The van der Waals surface area contributed by atoms with Crippen LogP contribution in [0.3, 0.4) is 0 Å². The maximum atomic E-state index is 11.6. The lowest BCUT2D eigenvalue weighted by Gasteiger charge is -2.18. The number of carbonyl (C=O) groups excluding carboxylic acids is 1. The molecule has 0 unspecified atom stereocenters. The summed E-state index contributed by atoms with van der Waals surface area (Å²) in [4.78, 5) is 11.6. The number of hydrogen-bond donors (Lipinski definition) is 1. The second-order valence-electron chi connectivity index (χ2n) is 4.78. The summed E-state index contributed by atoms with van der Waals surface area (Å²) < 4.78 is 5.15. The number of nitrogens with one attached hydrogen (secondary N) is 1. The molecule has 1 amide bonds. The van der Waals surface area contributed by atoms with Gasteiger partial charge in [-0.25, -0.2) is 0 Å². The van der Waals surface area contributed by atoms with Crippen LogP contribution >= 0.6 is 11.3 Å². The summed E-state index contributed by atoms with van der Waals surface area (Å²) in [6, 6.07) is 0. The van der Waals surface area contributed by atoms with E-state index in [0.29, 0.717) is 30.7 Å². The van der Waals surface area contributed by atoms with Crippen LogP contribution in [0.15, 0.2) is 0 Å². The van der Waals surface area contributed by atoms with Gasteiger partial charge in [0.1, 0.15) is 5.01 Å². The Balaban J connectivity index is 1.81. The molecule has 1 fully saturated rings. The van der Waals surface area contributed by atoms with E-state index in [0.717, 1.165) is 5.01 Å². The molecule has 0 spiro atoms. The number of hydrogen-bond acceptors (Lipinski definition) is 5. The first-order chi connectivity index (χ1) is 9.29. The lowest BCUT2D eigenvalue weighted by molar-refractivity contribution is -0.117. The smallest absolute Gasteiger partial charge is 0.228 e. The second-order valence-corrected chi connectivity index (χ2v) is 5.78. The first kappa shape index (κ1) is 14.4. The number of aromatic nitrogens is 2. The minimum Gasteiger partial charge on any atom is -0.381 e. The predicted octanol–water partition coefficient (Wildman–Crippen LogP) is 2.95. The fourth-order valence-electron chi connectivity index (χ4n) is 2.29. The van der Waals surface area contributed by atoms with Gasteiger partial charge < -0.3 is 10.1 Å². The van der Waals surface area contributed by atoms with Gasteiger partial charge in [-0.1, -0.05) is 30.6 Å². The van der Waals surface area contributed by atoms with E-state index >= 15 is 0 Å². The third kappa shape index (κ3) is 4.54. The maximum Gasteiger partial charge on any atom is 0.228 e. The van der Waals surface area contributed by atoms with E-state index in [9.17, 15) is 4.79 Å². The zero-order valence-corrected chi connectivity index (χ0v) is 12.2. The van der Waals surface area contributed by atoms with E-state index in [2.05, 4.69) is 15.5 Å². The molecule has 5 nitrogen and oxygen atoms in total. The van der Waals surface area contributed by atoms with E-state index in [1.165, 1.54) is 43.4 Å². The van der Waals surface area contributed by atoms with E-state index in [4.69, 9.17) is 4.74 Å². The average Bonchev–Trinajstić information content (AvgIpc) is 2.88. The van der Waals surface area contributed by atoms with Crippen LogP contribution in [-0.2, 0) is 9.53 Å². The van der Waals surface area contributed by atoms with Gasteiger partial charge in [0.05, 0.1) is 13.0 Å². The Bertz CT molecular complexity index is 402. The summed E-state index contributed by atoms with van der Waals surface area (Å²) in [5.41, 5.74) is 0. The number of anilines is 1. The van der Waals surface area contributed by atoms with Gasteiger partial charge in [0, 0.05) is 12.5 Å². The third-order valence-corrected chi connectivity index (χ3v) is 4.32. The Labute approximate surface area is 117 Å². The van der Waals surface area contributed by atoms with Crippen LogP contribution in [0, 0.1) is 0 Å². The minimum atomic E-state index is -0.0557. The highest BCUT2D eigenvalue weighted by Gasteiger charge is 2.20. The standard InChI is InChI=1S/C13H21N3O2S/c1-2-18-9-8-11(17)14-13-16-15-12(19-13)10-6-4-3-5-7-10/h10H,2-9H2,1H3,(H,14,16,17). The van der Waals surface area contributed by atoms with Crippen LogP contribution in [0.25, 0.3) is 0 Å². The number of carbonyl (C=O) groups is 1. The summed E-state index contributed by atoms with van der Waals surface area (Å²) in [7, 11) is 0. The summed E-state index contributed by atoms with van der Waals surface area (Å²) in [6.45, 7) is 3.01. The first-order valence-electron chi connectivity index (χ1n) is 7.00. The zero-order valence-electron chi connectivity index (χ0n) is 11.4. The van der Waals surface area contributed by atoms with Gasteiger partial charge in [0.25, 0.3) is 0 Å². The van der Waals surface area contributed by atoms with E-state index in [1.807, 2.05) is 6.92 Å². The van der Waals surface area contributed by atoms with Crippen LogP contribution in [0.5, 0.6) is 0 Å². The van der Waals surface area contributed by atoms with Crippen molar-refractivity contribution in [2.24, 2.45) is 0 Å². The highest BCUT2D eigenvalue weighted by atomic mass is 32.1. The maximum absolute atomic E-state index is 11.6. The van der Waals surface area contributed by atoms with Crippen molar-refractivity contribution in [1.82, 2.24) is 10.2 Å². The van der Waals surface area contributed by atoms with Crippen LogP contribution in [0.1, 0.15) is 56.4 Å². The lowest BCUT2D eigenvalue weighted by atomic mass is 9.90. The minimum absolute atomic E-state index is 0.0557. The van der Waals surface area contributed by atoms with Gasteiger partial charge in [-0.3, -0.25) is 4.79 Å². The van der Waals surface area contributed by atoms with Crippen molar-refractivity contribution in [1.29, 1.82) is 0 Å². The van der Waals surface area contributed by atoms with Crippen LogP contribution in [0.2, 0.25) is 0 Å². The average molecular weight is 283 g/mol. The Morgan fingerprint density at radius 1 is 1.37 bits per heavy atom. The largest absolute Gasteiger partial charge is 0.381 e. The monoisotopic (exact) mass is 283 g/mol. The second kappa shape index (κ2) is 7.55. The molecule has 19 heavy (non-hydrogen) atoms. The van der Waals surface area contributed by atoms with Crippen molar-refractivity contribution in [2.75, 3.05) is 18.5 Å². The normalized spacial score (nSPS) is 16.5. The van der Waals surface area contributed by atoms with Gasteiger partial charge >= 0.3 is 0 Å². The number of nitrogens with zero attached hydrogens (tertiary/aromatic N) is 2. The van der Waals surface area contributed by atoms with Crippen molar-refractivity contribution in [2.45, 2.75) is 51.4 Å². The molecule has 1 aromatic rings. The molecule has 0 radical (unpaired) electrons. The molecule has 1 aliphatic rings. The Kier molecular flexibility index (Phi) is 5.72. The Hall–Kier alpha value is -1.01. The molecule has 106 valence electrons. The van der Waals surface area contributed by atoms with Crippen molar-refractivity contribution in [3.8, 4) is 0 Å². The Morgan fingerprint density at radius 3 is 2.89 bits per heavy atom. The highest BCUT2D eigenvalue weighted by molar-refractivity contribution is 7.15. The fraction of sp³-hybridized carbons (Fsp3) is 0.769. The third-order valence-electron chi connectivity index (χ3n) is 3.32. The van der Waals surface area contributed by atoms with Crippen LogP contribution in [0.4, 0.5) is 5.13 Å². The van der Waals surface area contributed by atoms with Gasteiger partial charge in [-0.05, 0) is 19.8 Å². The molecule has 1 N–H and O–H groups in total. The topological polar surface area (TPSA) is 64.1 Å². The molecule has 1 aliphatic carbocycles. The number of rotatable bonds is 6. The van der Waals surface area contributed by atoms with Gasteiger partial charge in [-0.2, -0.15) is 0 Å². The van der Waals surface area contributed by atoms with Gasteiger partial charge in [0.2, 0.25) is 11.0 Å². The zero-order chi connectivity index (χ0) is 13.5. The SMILES string of the molecule is CCOCCC(=O)Nc1nnc(C2CCCCC2)s1. The predicted molar refractivity (Wildman–Crippen MR) is 75.5 cm³/mol. The fourth-order valence-corrected chi connectivity index (χ4v) is 3.22. The number of ether oxygens (including phenoxy) is 1. The molecule has 6 heteroatoms. The van der Waals surface area contributed by atoms with Crippen LogP contribution in [-0.4, -0.2) is 29.3 Å². The lowest BCUT2D eigenvalue weighted by Crippen LogP contribution is -2.13. The molecular formula is C13H21N3O2S. The van der Waals surface area contributed by atoms with Crippen molar-refractivity contribution in [3.05, 3.63) is 5.01 Å². The molecule has 0 aromatic carbocycles. The van der Waals surface area contributed by atoms with E-state index in [1.54, 1.807) is 0 Å². The van der Waals surface area contributed by atoms with Crippen molar-refractivity contribution in [3.63, 3.8) is 0 Å². The molecule has 2 rings (SSSR count). The first-order valence-corrected chi connectivity index (χ1v) is 7.82. The molecular weight excluding hydrogens is 262 g/mol. The molecule has 0 atom stereocenters. The molecule has 0 saturated heterocycles. The molecule has 1 aromatic heterocycles. The van der Waals surface area contributed by atoms with Gasteiger partial charge in [0.15, 0.2) is 0 Å². The molecule has 0 aliphatic heterocycles. The van der Waals surface area contributed by atoms with E-state index in [-0.39, 0.29) is 5.91 Å². The molecule has 1 heterocycles. The van der Waals surface area contributed by atoms with Gasteiger partial charge in [-0.15, -0.1) is 10.2 Å². The number of amides is 1. The van der Waals surface area contributed by atoms with E-state index < -0.39 is 0 Å². The highest BCUT2D eigenvalue weighted by Crippen LogP contribution is 2.35. The Morgan fingerprint density at radius 2 is 2.16 bits per heavy atom. The van der Waals surface area contributed by atoms with Crippen molar-refractivity contribution >= 4 is 22.4 Å². The quantitative estimate of drug-likeness (QED) is 0.815. The van der Waals surface area contributed by atoms with Crippen LogP contribution < -0.4 is 5.32 Å².